The average Bonchev–Trinajstić information content (AvgIpc) is 2.47. The first-order valence-corrected chi connectivity index (χ1v) is 8.92. The molecule has 0 aliphatic carbocycles. The van der Waals surface area contributed by atoms with E-state index in [1.807, 2.05) is 12.1 Å². The highest BCUT2D eigenvalue weighted by molar-refractivity contribution is 9.09. The van der Waals surface area contributed by atoms with Gasteiger partial charge in [0.2, 0.25) is 10.0 Å². The van der Waals surface area contributed by atoms with Crippen LogP contribution in [0.3, 0.4) is 0 Å². The number of fused-ring (bicyclic) bond motifs is 1. The van der Waals surface area contributed by atoms with Gasteiger partial charge in [-0.2, -0.15) is 4.31 Å². The summed E-state index contributed by atoms with van der Waals surface area (Å²) >= 11 is 3.55. The normalized spacial score (nSPS) is 18.4. The number of halogens is 1. The number of alkyl halides is 1. The van der Waals surface area contributed by atoms with Gasteiger partial charge in [-0.25, -0.2) is 8.42 Å². The van der Waals surface area contributed by atoms with Gasteiger partial charge < -0.3 is 0 Å². The Balaban J connectivity index is 2.05. The number of hydrogen-bond acceptors (Lipinski definition) is 3. The molecule has 2 heterocycles. The van der Waals surface area contributed by atoms with E-state index in [1.54, 1.807) is 28.7 Å². The maximum atomic E-state index is 12.8. The van der Waals surface area contributed by atoms with Crippen LogP contribution in [0.2, 0.25) is 0 Å². The minimum atomic E-state index is -3.44. The summed E-state index contributed by atoms with van der Waals surface area (Å²) in [6.07, 6.45) is 3.37. The van der Waals surface area contributed by atoms with Gasteiger partial charge in [0.1, 0.15) is 0 Å². The molecule has 0 spiro atoms. The van der Waals surface area contributed by atoms with Crippen LogP contribution >= 0.6 is 15.9 Å². The number of pyridine rings is 1. The zero-order valence-electron chi connectivity index (χ0n) is 10.9. The summed E-state index contributed by atoms with van der Waals surface area (Å²) in [5, 5.41) is 0.691. The number of sulfonamides is 1. The highest BCUT2D eigenvalue weighted by Gasteiger charge is 2.29. The second-order valence-electron chi connectivity index (χ2n) is 4.90. The number of benzene rings is 1. The fraction of sp³-hybridized carbons (Fsp3) is 0.357. The molecule has 0 unspecified atom stereocenters. The summed E-state index contributed by atoms with van der Waals surface area (Å²) in [5.74, 6) is 0. The van der Waals surface area contributed by atoms with Crippen LogP contribution in [0.15, 0.2) is 41.4 Å². The SMILES string of the molecule is O=S(=O)(c1cccc2ncccc12)N1CCC(Br)CC1. The number of piperidine rings is 1. The standard InChI is InChI=1S/C14H15BrN2O2S/c15-11-6-9-17(10-7-11)20(18,19)14-5-1-4-13-12(14)3-2-8-16-13/h1-5,8,11H,6-7,9-10H2. The fourth-order valence-corrected chi connectivity index (χ4v) is 4.58. The predicted octanol–water partition coefficient (Wildman–Crippen LogP) is 2.78. The van der Waals surface area contributed by atoms with E-state index < -0.39 is 10.0 Å². The lowest BCUT2D eigenvalue weighted by molar-refractivity contribution is 0.355. The second kappa shape index (κ2) is 5.42. The van der Waals surface area contributed by atoms with Crippen molar-refractivity contribution in [1.29, 1.82) is 0 Å². The van der Waals surface area contributed by atoms with Crippen molar-refractivity contribution < 1.29 is 8.42 Å². The molecular weight excluding hydrogens is 340 g/mol. The number of nitrogens with zero attached hydrogens (tertiary/aromatic N) is 2. The van der Waals surface area contributed by atoms with Crippen molar-refractivity contribution in [2.75, 3.05) is 13.1 Å². The molecule has 4 nitrogen and oxygen atoms in total. The van der Waals surface area contributed by atoms with Crippen molar-refractivity contribution >= 4 is 36.9 Å². The van der Waals surface area contributed by atoms with E-state index in [9.17, 15) is 8.42 Å². The highest BCUT2D eigenvalue weighted by Crippen LogP contribution is 2.27. The Morgan fingerprint density at radius 1 is 1.15 bits per heavy atom. The lowest BCUT2D eigenvalue weighted by Gasteiger charge is -2.29. The number of rotatable bonds is 2. The molecule has 0 radical (unpaired) electrons. The van der Waals surface area contributed by atoms with Crippen molar-refractivity contribution in [3.63, 3.8) is 0 Å². The van der Waals surface area contributed by atoms with Crippen LogP contribution in [0.25, 0.3) is 10.9 Å². The Labute approximate surface area is 127 Å². The van der Waals surface area contributed by atoms with Crippen LogP contribution in [-0.2, 0) is 10.0 Å². The fourth-order valence-electron chi connectivity index (χ4n) is 2.50. The zero-order valence-corrected chi connectivity index (χ0v) is 13.3. The largest absolute Gasteiger partial charge is 0.256 e. The summed E-state index contributed by atoms with van der Waals surface area (Å²) in [6.45, 7) is 1.13. The van der Waals surface area contributed by atoms with Crippen molar-refractivity contribution in [3.05, 3.63) is 36.5 Å². The molecule has 1 saturated heterocycles. The molecule has 0 atom stereocenters. The maximum Gasteiger partial charge on any atom is 0.243 e. The van der Waals surface area contributed by atoms with E-state index in [1.165, 1.54) is 0 Å². The Bertz CT molecular complexity index is 720. The van der Waals surface area contributed by atoms with Crippen LogP contribution in [0.1, 0.15) is 12.8 Å². The van der Waals surface area contributed by atoms with Crippen molar-refractivity contribution in [3.8, 4) is 0 Å². The molecule has 1 fully saturated rings. The van der Waals surface area contributed by atoms with Gasteiger partial charge in [0.25, 0.3) is 0 Å². The zero-order chi connectivity index (χ0) is 14.2. The smallest absolute Gasteiger partial charge is 0.243 e. The van der Waals surface area contributed by atoms with Gasteiger partial charge in [-0.1, -0.05) is 22.0 Å². The Kier molecular flexibility index (Phi) is 3.79. The number of hydrogen-bond donors (Lipinski definition) is 0. The van der Waals surface area contributed by atoms with E-state index in [4.69, 9.17) is 0 Å². The number of aromatic nitrogens is 1. The van der Waals surface area contributed by atoms with Crippen molar-refractivity contribution in [2.24, 2.45) is 0 Å². The maximum absolute atomic E-state index is 12.8. The lowest BCUT2D eigenvalue weighted by atomic mass is 10.2. The van der Waals surface area contributed by atoms with E-state index in [-0.39, 0.29) is 0 Å². The topological polar surface area (TPSA) is 50.3 Å². The summed E-state index contributed by atoms with van der Waals surface area (Å²) in [7, 11) is -3.44. The van der Waals surface area contributed by atoms with Crippen LogP contribution in [0.4, 0.5) is 0 Å². The molecule has 6 heteroatoms. The molecule has 1 aromatic heterocycles. The quantitative estimate of drug-likeness (QED) is 0.779. The Hall–Kier alpha value is -0.980. The Morgan fingerprint density at radius 3 is 2.65 bits per heavy atom. The van der Waals surface area contributed by atoms with E-state index in [0.717, 1.165) is 12.8 Å². The first kappa shape index (κ1) is 14.0. The third-order valence-corrected chi connectivity index (χ3v) is 6.48. The minimum absolute atomic E-state index is 0.358. The molecule has 3 rings (SSSR count). The predicted molar refractivity (Wildman–Crippen MR) is 82.5 cm³/mol. The van der Waals surface area contributed by atoms with Gasteiger partial charge in [0.15, 0.2) is 0 Å². The van der Waals surface area contributed by atoms with Gasteiger partial charge in [-0.15, -0.1) is 0 Å². The Morgan fingerprint density at radius 2 is 1.90 bits per heavy atom. The first-order chi connectivity index (χ1) is 9.59. The molecule has 1 aromatic carbocycles. The highest BCUT2D eigenvalue weighted by atomic mass is 79.9. The third-order valence-electron chi connectivity index (χ3n) is 3.61. The summed E-state index contributed by atoms with van der Waals surface area (Å²) in [5.41, 5.74) is 0.712. The molecule has 0 bridgehead atoms. The molecule has 1 aliphatic heterocycles. The summed E-state index contributed by atoms with van der Waals surface area (Å²) in [6, 6.07) is 8.83. The summed E-state index contributed by atoms with van der Waals surface area (Å²) < 4.78 is 27.2. The molecule has 0 amide bonds. The summed E-state index contributed by atoms with van der Waals surface area (Å²) in [4.78, 5) is 5.00. The van der Waals surface area contributed by atoms with Crippen molar-refractivity contribution in [2.45, 2.75) is 22.6 Å². The van der Waals surface area contributed by atoms with Gasteiger partial charge in [-0.3, -0.25) is 4.98 Å². The lowest BCUT2D eigenvalue weighted by Crippen LogP contribution is -2.38. The van der Waals surface area contributed by atoms with Crippen LogP contribution in [0, 0.1) is 0 Å². The monoisotopic (exact) mass is 354 g/mol. The van der Waals surface area contributed by atoms with Crippen molar-refractivity contribution in [1.82, 2.24) is 9.29 Å². The van der Waals surface area contributed by atoms with Gasteiger partial charge >= 0.3 is 0 Å². The minimum Gasteiger partial charge on any atom is -0.256 e. The molecular formula is C14H15BrN2O2S. The van der Waals surface area contributed by atoms with Crippen LogP contribution < -0.4 is 0 Å². The van der Waals surface area contributed by atoms with E-state index >= 15 is 0 Å². The van der Waals surface area contributed by atoms with Gasteiger partial charge in [0, 0.05) is 29.5 Å². The molecule has 1 aliphatic rings. The molecule has 0 saturated carbocycles. The van der Waals surface area contributed by atoms with Gasteiger partial charge in [-0.05, 0) is 37.1 Å². The molecule has 106 valence electrons. The second-order valence-corrected chi connectivity index (χ2v) is 8.11. The molecule has 2 aromatic rings. The van der Waals surface area contributed by atoms with Crippen LogP contribution in [-0.4, -0.2) is 35.6 Å². The first-order valence-electron chi connectivity index (χ1n) is 6.57. The average molecular weight is 355 g/mol. The third kappa shape index (κ3) is 2.47. The van der Waals surface area contributed by atoms with Crippen LogP contribution in [0.5, 0.6) is 0 Å². The van der Waals surface area contributed by atoms with E-state index in [2.05, 4.69) is 20.9 Å². The van der Waals surface area contributed by atoms with E-state index in [0.29, 0.717) is 33.7 Å². The molecule has 20 heavy (non-hydrogen) atoms. The molecule has 0 N–H and O–H groups in total. The van der Waals surface area contributed by atoms with Gasteiger partial charge in [0.05, 0.1) is 10.4 Å².